The van der Waals surface area contributed by atoms with E-state index in [9.17, 15) is 0 Å². The number of hydrogen-bond donors (Lipinski definition) is 0. The first-order valence-electron chi connectivity index (χ1n) is 8.51. The third kappa shape index (κ3) is 14.5. The average molecular weight is 360 g/mol. The van der Waals surface area contributed by atoms with Crippen molar-refractivity contribution in [3.05, 3.63) is 0 Å². The molecular weight excluding hydrogens is 321 g/mol. The van der Waals surface area contributed by atoms with Crippen molar-refractivity contribution < 1.29 is 0 Å². The van der Waals surface area contributed by atoms with Gasteiger partial charge in [0.15, 0.2) is 0 Å². The van der Waals surface area contributed by atoms with Gasteiger partial charge in [-0.3, -0.25) is 10.0 Å². The summed E-state index contributed by atoms with van der Waals surface area (Å²) in [5.74, 6) is 0. The first-order valence-corrected chi connectivity index (χ1v) is 13.5. The zero-order valence-electron chi connectivity index (χ0n) is 14.5. The largest absolute Gasteiger partial charge is 0.329 e. The fraction of sp³-hybridized carbons (Fsp3) is 1.00. The van der Waals surface area contributed by atoms with Crippen molar-refractivity contribution >= 4 is 45.1 Å². The van der Waals surface area contributed by atoms with Crippen LogP contribution >= 0.6 is 29.7 Å². The van der Waals surface area contributed by atoms with E-state index >= 15 is 0 Å². The van der Waals surface area contributed by atoms with Crippen molar-refractivity contribution in [1.29, 1.82) is 0 Å². The van der Waals surface area contributed by atoms with Crippen molar-refractivity contribution in [3.8, 4) is 0 Å². The van der Waals surface area contributed by atoms with E-state index < -0.39 is 7.26 Å². The van der Waals surface area contributed by atoms with E-state index in [0.717, 1.165) is 0 Å². The molecule has 0 nitrogen and oxygen atoms in total. The summed E-state index contributed by atoms with van der Waals surface area (Å²) in [6.45, 7) is 9.44. The second kappa shape index (κ2) is 20.5. The van der Waals surface area contributed by atoms with Gasteiger partial charge in [-0.25, -0.2) is 0 Å². The van der Waals surface area contributed by atoms with Crippen LogP contribution in [0.15, 0.2) is 0 Å². The third-order valence-corrected chi connectivity index (χ3v) is 9.90. The average Bonchev–Trinajstić information content (AvgIpc) is 2.48. The van der Waals surface area contributed by atoms with E-state index in [4.69, 9.17) is 0 Å². The van der Waals surface area contributed by atoms with Crippen LogP contribution in [0.5, 0.6) is 0 Å². The van der Waals surface area contributed by atoms with Crippen LogP contribution in [-0.4, -0.2) is 40.0 Å². The van der Waals surface area contributed by atoms with Crippen LogP contribution in [0.4, 0.5) is 0 Å². The topological polar surface area (TPSA) is 0 Å². The Morgan fingerprint density at radius 1 is 0.600 bits per heavy atom. The molecule has 4 heteroatoms. The van der Waals surface area contributed by atoms with Crippen LogP contribution in [0.2, 0.25) is 0 Å². The van der Waals surface area contributed by atoms with Gasteiger partial charge >= 0.3 is 126 Å². The molecule has 0 unspecified atom stereocenters. The van der Waals surface area contributed by atoms with E-state index in [2.05, 4.69) is 37.7 Å². The maximum atomic E-state index is 4.67. The predicted octanol–water partition coefficient (Wildman–Crippen LogP) is 6.40. The number of hydrogen-bond acceptors (Lipinski definition) is 0. The number of rotatable bonds is 12. The van der Waals surface area contributed by atoms with Crippen molar-refractivity contribution in [2.75, 3.05) is 24.6 Å². The van der Waals surface area contributed by atoms with E-state index in [1.54, 1.807) is 24.6 Å². The summed E-state index contributed by atoms with van der Waals surface area (Å²) in [5.41, 5.74) is 0. The summed E-state index contributed by atoms with van der Waals surface area (Å²) in [5, 5.41) is 0. The van der Waals surface area contributed by atoms with Crippen molar-refractivity contribution in [1.82, 2.24) is 0 Å². The molecule has 0 heterocycles. The Kier molecular flexibility index (Phi) is 27.2. The molecule has 0 saturated heterocycles. The summed E-state index contributed by atoms with van der Waals surface area (Å²) < 4.78 is 0. The van der Waals surface area contributed by atoms with Gasteiger partial charge in [-0.15, -0.1) is 12.4 Å². The first-order chi connectivity index (χ1) is 9.24. The Morgan fingerprint density at radius 2 is 0.800 bits per heavy atom. The van der Waals surface area contributed by atoms with Crippen molar-refractivity contribution in [2.24, 2.45) is 0 Å². The normalized spacial score (nSPS) is 11.2. The van der Waals surface area contributed by atoms with Gasteiger partial charge in [0.05, 0.1) is 0 Å². The SMILES string of the molecule is CCCC[PH](CCCC)(CCCC)CCCC.Cl.[AlH][Cl]. The molecule has 125 valence electrons. The molecular formula is C16H39AlCl2P. The van der Waals surface area contributed by atoms with E-state index in [1.807, 2.05) is 0 Å². The van der Waals surface area contributed by atoms with E-state index in [-0.39, 0.29) is 12.4 Å². The maximum Gasteiger partial charge on any atom is 0.329 e. The second-order valence-corrected chi connectivity index (χ2v) is 10.9. The van der Waals surface area contributed by atoms with Gasteiger partial charge in [0, 0.05) is 0 Å². The van der Waals surface area contributed by atoms with Crippen LogP contribution in [0.1, 0.15) is 79.1 Å². The molecule has 0 atom stereocenters. The van der Waals surface area contributed by atoms with Crippen LogP contribution < -0.4 is 0 Å². The molecule has 0 fully saturated rings. The van der Waals surface area contributed by atoms with Crippen LogP contribution in [-0.2, 0) is 0 Å². The Labute approximate surface area is 148 Å². The monoisotopic (exact) mass is 359 g/mol. The summed E-state index contributed by atoms with van der Waals surface area (Å²) in [6.07, 6.45) is 18.1. The van der Waals surface area contributed by atoms with E-state index in [0.29, 0.717) is 0 Å². The summed E-state index contributed by atoms with van der Waals surface area (Å²) >= 11 is 1.33. The molecule has 0 aromatic heterocycles. The summed E-state index contributed by atoms with van der Waals surface area (Å²) in [7, 11) is 3.79. The van der Waals surface area contributed by atoms with Gasteiger partial charge in [0.1, 0.15) is 0 Å². The van der Waals surface area contributed by atoms with Crippen LogP contribution in [0.25, 0.3) is 0 Å². The zero-order chi connectivity index (χ0) is 15.0. The third-order valence-electron chi connectivity index (χ3n) is 4.24. The van der Waals surface area contributed by atoms with Gasteiger partial charge in [-0.2, -0.15) is 0 Å². The second-order valence-electron chi connectivity index (χ2n) is 5.91. The molecule has 0 bridgehead atoms. The minimum absolute atomic E-state index is 0. The molecule has 0 saturated carbocycles. The molecule has 0 aromatic carbocycles. The van der Waals surface area contributed by atoms with Crippen LogP contribution in [0, 0.1) is 0 Å². The number of halogens is 2. The molecule has 0 spiro atoms. The fourth-order valence-corrected chi connectivity index (χ4v) is 8.87. The summed E-state index contributed by atoms with van der Waals surface area (Å²) in [4.78, 5) is 0. The Bertz CT molecular complexity index is 131. The molecule has 1 radical (unpaired) electrons. The molecule has 0 aliphatic rings. The van der Waals surface area contributed by atoms with Gasteiger partial charge in [-0.05, 0) is 0 Å². The Hall–Kier alpha value is 1.54. The molecule has 0 rings (SSSR count). The molecule has 0 aliphatic carbocycles. The molecule has 20 heavy (non-hydrogen) atoms. The van der Waals surface area contributed by atoms with Gasteiger partial charge in [0.25, 0.3) is 0 Å². The van der Waals surface area contributed by atoms with Crippen LogP contribution in [0.3, 0.4) is 0 Å². The Balaban J connectivity index is -0.000000916. The quantitative estimate of drug-likeness (QED) is 0.279. The van der Waals surface area contributed by atoms with E-state index in [1.165, 1.54) is 66.7 Å². The number of unbranched alkanes of at least 4 members (excludes halogenated alkanes) is 4. The Morgan fingerprint density at radius 3 is 0.950 bits per heavy atom. The molecule has 0 amide bonds. The van der Waals surface area contributed by atoms with Gasteiger partial charge in [-0.1, -0.05) is 0 Å². The minimum Gasteiger partial charge on any atom is -0.283 e. The molecule has 0 aromatic rings. The molecule has 0 aliphatic heterocycles. The zero-order valence-corrected chi connectivity index (χ0v) is 18.5. The van der Waals surface area contributed by atoms with Gasteiger partial charge in [0.2, 0.25) is 0 Å². The predicted molar refractivity (Wildman–Crippen MR) is 108 cm³/mol. The van der Waals surface area contributed by atoms with Gasteiger partial charge < -0.3 is 0 Å². The first kappa shape index (κ1) is 26.4. The smallest absolute Gasteiger partial charge is 0.283 e. The fourth-order valence-electron chi connectivity index (χ4n) is 2.96. The maximum absolute atomic E-state index is 4.67. The minimum atomic E-state index is -0.879. The van der Waals surface area contributed by atoms with Crippen molar-refractivity contribution in [3.63, 3.8) is 0 Å². The summed E-state index contributed by atoms with van der Waals surface area (Å²) in [6, 6.07) is 0. The molecule has 0 N–H and O–H groups in total. The van der Waals surface area contributed by atoms with Crippen molar-refractivity contribution in [2.45, 2.75) is 79.1 Å². The standard InChI is InChI=1S/C16H37P.Al.2ClH.H/c1-5-9-13-17(14-10-6-2,15-11-7-3)16-12-8-4;;;;/h17H,5-16H2,1-4H3;;2*1H;/q;+1;;;/p-1.